The van der Waals surface area contributed by atoms with Crippen LogP contribution in [0.4, 0.5) is 0 Å². The predicted octanol–water partition coefficient (Wildman–Crippen LogP) is 5.21. The molecule has 0 atom stereocenters. The van der Waals surface area contributed by atoms with Crippen LogP contribution in [0.25, 0.3) is 29.4 Å². The molecule has 0 saturated carbocycles. The maximum Gasteiger partial charge on any atom is 0.0159 e. The van der Waals surface area contributed by atoms with Gasteiger partial charge in [0, 0.05) is 5.41 Å². The molecule has 0 bridgehead atoms. The van der Waals surface area contributed by atoms with E-state index in [2.05, 4.69) is 101 Å². The van der Waals surface area contributed by atoms with Gasteiger partial charge in [-0.25, -0.2) is 0 Å². The molecule has 1 aliphatic carbocycles. The average Bonchev–Trinajstić information content (AvgIpc) is 2.85. The van der Waals surface area contributed by atoms with Crippen LogP contribution in [0.5, 0.6) is 0 Å². The highest BCUT2D eigenvalue weighted by Crippen LogP contribution is 2.48. The number of hydrogen-bond acceptors (Lipinski definition) is 0. The van der Waals surface area contributed by atoms with Crippen molar-refractivity contribution in [1.82, 2.24) is 0 Å². The number of allylic oxidation sites excluding steroid dienone is 1. The molecular formula is C26H24. The van der Waals surface area contributed by atoms with E-state index in [0.717, 1.165) is 16.0 Å². The molecule has 0 unspecified atom stereocenters. The van der Waals surface area contributed by atoms with E-state index in [0.29, 0.717) is 0 Å². The molecule has 0 heteroatoms. The summed E-state index contributed by atoms with van der Waals surface area (Å²) < 4.78 is 0. The summed E-state index contributed by atoms with van der Waals surface area (Å²) in [7, 11) is 0. The molecule has 0 heterocycles. The van der Waals surface area contributed by atoms with Crippen molar-refractivity contribution in [3.63, 3.8) is 0 Å². The van der Waals surface area contributed by atoms with Gasteiger partial charge in [0.2, 0.25) is 0 Å². The minimum Gasteiger partial charge on any atom is -0.0911 e. The van der Waals surface area contributed by atoms with E-state index >= 15 is 0 Å². The highest BCUT2D eigenvalue weighted by molar-refractivity contribution is 5.89. The fourth-order valence-electron chi connectivity index (χ4n) is 4.05. The van der Waals surface area contributed by atoms with Gasteiger partial charge in [-0.3, -0.25) is 0 Å². The number of fused-ring (bicyclic) bond motifs is 3. The summed E-state index contributed by atoms with van der Waals surface area (Å²) in [4.78, 5) is 0. The van der Waals surface area contributed by atoms with Gasteiger partial charge in [-0.05, 0) is 62.9 Å². The lowest BCUT2D eigenvalue weighted by atomic mass is 9.81. The van der Waals surface area contributed by atoms with Gasteiger partial charge in [-0.1, -0.05) is 87.2 Å². The molecule has 0 radical (unpaired) electrons. The van der Waals surface area contributed by atoms with Gasteiger partial charge >= 0.3 is 0 Å². The van der Waals surface area contributed by atoms with Crippen molar-refractivity contribution in [2.24, 2.45) is 0 Å². The molecule has 0 saturated heterocycles. The Morgan fingerprint density at radius 3 is 2.38 bits per heavy atom. The zero-order valence-electron chi connectivity index (χ0n) is 15.8. The van der Waals surface area contributed by atoms with Crippen LogP contribution in [0.3, 0.4) is 0 Å². The first-order chi connectivity index (χ1) is 12.4. The van der Waals surface area contributed by atoms with E-state index in [1.165, 1.54) is 33.4 Å². The molecule has 4 rings (SSSR count). The summed E-state index contributed by atoms with van der Waals surface area (Å²) in [6.07, 6.45) is 2.14. The van der Waals surface area contributed by atoms with Crippen LogP contribution in [0, 0.1) is 6.92 Å². The van der Waals surface area contributed by atoms with E-state index < -0.39 is 0 Å². The van der Waals surface area contributed by atoms with Crippen LogP contribution in [0.1, 0.15) is 36.1 Å². The highest BCUT2D eigenvalue weighted by Gasteiger charge is 2.35. The fraction of sp³-hybridized carbons (Fsp3) is 0.154. The standard InChI is InChI=1S/C26H24/c1-17-10-11-20(18(2)14-17)15-19(3)21-12-13-23-22-8-6-7-9-24(22)26(4,5)25(23)16-21/h6-16H,2-3H2,1,4-5H3/b20-15-. The van der Waals surface area contributed by atoms with Gasteiger partial charge in [-0.15, -0.1) is 0 Å². The fourth-order valence-corrected chi connectivity index (χ4v) is 4.05. The van der Waals surface area contributed by atoms with Crippen molar-refractivity contribution in [2.75, 3.05) is 0 Å². The Hall–Kier alpha value is -2.86. The third kappa shape index (κ3) is 2.54. The first kappa shape index (κ1) is 16.6. The van der Waals surface area contributed by atoms with Crippen LogP contribution < -0.4 is 10.4 Å². The molecule has 26 heavy (non-hydrogen) atoms. The maximum absolute atomic E-state index is 4.32. The molecule has 0 aliphatic heterocycles. The molecule has 3 aromatic carbocycles. The second-order valence-corrected chi connectivity index (χ2v) is 7.80. The molecule has 3 aromatic rings. The predicted molar refractivity (Wildman–Crippen MR) is 113 cm³/mol. The van der Waals surface area contributed by atoms with E-state index in [1.807, 2.05) is 0 Å². The summed E-state index contributed by atoms with van der Waals surface area (Å²) >= 11 is 0. The minimum atomic E-state index is 0.0174. The van der Waals surface area contributed by atoms with Crippen molar-refractivity contribution in [1.29, 1.82) is 0 Å². The lowest BCUT2D eigenvalue weighted by Gasteiger charge is -2.22. The lowest BCUT2D eigenvalue weighted by molar-refractivity contribution is 0.660. The highest BCUT2D eigenvalue weighted by atomic mass is 14.4. The Morgan fingerprint density at radius 2 is 1.62 bits per heavy atom. The molecule has 0 nitrogen and oxygen atoms in total. The van der Waals surface area contributed by atoms with E-state index in [4.69, 9.17) is 0 Å². The summed E-state index contributed by atoms with van der Waals surface area (Å²) in [5, 5.41) is 2.17. The molecule has 0 spiro atoms. The third-order valence-corrected chi connectivity index (χ3v) is 5.58. The van der Waals surface area contributed by atoms with E-state index in [1.54, 1.807) is 0 Å². The normalized spacial score (nSPS) is 14.8. The van der Waals surface area contributed by atoms with Gasteiger partial charge in [0.15, 0.2) is 0 Å². The zero-order valence-corrected chi connectivity index (χ0v) is 15.8. The zero-order chi connectivity index (χ0) is 18.5. The largest absolute Gasteiger partial charge is 0.0911 e. The Bertz CT molecular complexity index is 1140. The van der Waals surface area contributed by atoms with Gasteiger partial charge in [-0.2, -0.15) is 0 Å². The summed E-state index contributed by atoms with van der Waals surface area (Å²) in [6, 6.07) is 21.8. The van der Waals surface area contributed by atoms with Crippen molar-refractivity contribution in [3.05, 3.63) is 99.9 Å². The molecular weight excluding hydrogens is 312 g/mol. The smallest absolute Gasteiger partial charge is 0.0159 e. The average molecular weight is 336 g/mol. The number of rotatable bonds is 2. The lowest BCUT2D eigenvalue weighted by Crippen LogP contribution is -2.22. The molecule has 0 fully saturated rings. The van der Waals surface area contributed by atoms with Gasteiger partial charge < -0.3 is 0 Å². The van der Waals surface area contributed by atoms with E-state index in [9.17, 15) is 0 Å². The SMILES string of the molecule is C=C(/C=c1/ccc(C)cc1=C)c1ccc2c(c1)C(C)(C)c1ccccc1-2. The summed E-state index contributed by atoms with van der Waals surface area (Å²) in [5.74, 6) is 0. The Labute approximate surface area is 155 Å². The number of benzene rings is 3. The molecule has 1 aliphatic rings. The second kappa shape index (κ2) is 5.85. The first-order valence-corrected chi connectivity index (χ1v) is 9.09. The van der Waals surface area contributed by atoms with Crippen LogP contribution in [-0.2, 0) is 5.41 Å². The van der Waals surface area contributed by atoms with Crippen molar-refractivity contribution < 1.29 is 0 Å². The van der Waals surface area contributed by atoms with Crippen LogP contribution in [0.2, 0.25) is 0 Å². The van der Waals surface area contributed by atoms with Gasteiger partial charge in [0.25, 0.3) is 0 Å². The number of aryl methyl sites for hydroxylation is 1. The molecule has 0 aromatic heterocycles. The van der Waals surface area contributed by atoms with E-state index in [-0.39, 0.29) is 5.41 Å². The Kier molecular flexibility index (Phi) is 3.73. The molecule has 128 valence electrons. The summed E-state index contributed by atoms with van der Waals surface area (Å²) in [6.45, 7) is 15.2. The van der Waals surface area contributed by atoms with Crippen LogP contribution in [0.15, 0.2) is 67.2 Å². The maximum atomic E-state index is 4.32. The van der Waals surface area contributed by atoms with Gasteiger partial charge in [0.1, 0.15) is 0 Å². The molecule has 0 N–H and O–H groups in total. The summed E-state index contributed by atoms with van der Waals surface area (Å²) in [5.41, 5.74) is 8.92. The van der Waals surface area contributed by atoms with Crippen molar-refractivity contribution >= 4 is 18.2 Å². The Morgan fingerprint density at radius 1 is 0.885 bits per heavy atom. The van der Waals surface area contributed by atoms with Crippen LogP contribution >= 0.6 is 0 Å². The second-order valence-electron chi connectivity index (χ2n) is 7.80. The van der Waals surface area contributed by atoms with Gasteiger partial charge in [0.05, 0.1) is 0 Å². The molecule has 0 amide bonds. The quantitative estimate of drug-likeness (QED) is 0.603. The number of hydrogen-bond donors (Lipinski definition) is 0. The Balaban J connectivity index is 1.81. The first-order valence-electron chi connectivity index (χ1n) is 9.09. The minimum absolute atomic E-state index is 0.0174. The third-order valence-electron chi connectivity index (χ3n) is 5.58. The monoisotopic (exact) mass is 336 g/mol. The topological polar surface area (TPSA) is 0 Å². The van der Waals surface area contributed by atoms with Crippen molar-refractivity contribution in [2.45, 2.75) is 26.2 Å². The van der Waals surface area contributed by atoms with Crippen molar-refractivity contribution in [3.8, 4) is 11.1 Å². The van der Waals surface area contributed by atoms with Crippen LogP contribution in [-0.4, -0.2) is 0 Å².